The molecule has 1 fully saturated rings. The number of nitrogens with one attached hydrogen (secondary N) is 1. The lowest BCUT2D eigenvalue weighted by atomic mass is 10.1. The Morgan fingerprint density at radius 3 is 2.39 bits per heavy atom. The first kappa shape index (κ1) is 27.2. The molecule has 0 radical (unpaired) electrons. The van der Waals surface area contributed by atoms with E-state index in [0.717, 1.165) is 38.9 Å². The van der Waals surface area contributed by atoms with Crippen molar-refractivity contribution in [1.29, 1.82) is 0 Å². The smallest absolute Gasteiger partial charge is 0.409 e. The topological polar surface area (TPSA) is 89.2 Å². The number of hydrogen-bond acceptors (Lipinski definition) is 4. The minimum absolute atomic E-state index is 0. The van der Waals surface area contributed by atoms with Crippen LogP contribution in [-0.2, 0) is 9.47 Å². The number of guanidine groups is 1. The van der Waals surface area contributed by atoms with Gasteiger partial charge in [-0.15, -0.1) is 24.0 Å². The molecule has 7 nitrogen and oxygen atoms in total. The van der Waals surface area contributed by atoms with Crippen molar-refractivity contribution in [2.24, 2.45) is 10.7 Å². The molecule has 1 amide bonds. The van der Waals surface area contributed by atoms with Crippen LogP contribution in [0.2, 0.25) is 0 Å². The van der Waals surface area contributed by atoms with Gasteiger partial charge in [0.1, 0.15) is 0 Å². The molecule has 0 spiro atoms. The molecule has 1 aliphatic heterocycles. The highest BCUT2D eigenvalue weighted by Gasteiger charge is 2.23. The maximum Gasteiger partial charge on any atom is 0.409 e. The molecule has 0 unspecified atom stereocenters. The monoisotopic (exact) mass is 512 g/mol. The average molecular weight is 512 g/mol. The molecule has 0 saturated carbocycles. The van der Waals surface area contributed by atoms with Gasteiger partial charge < -0.3 is 25.4 Å². The van der Waals surface area contributed by atoms with Crippen LogP contribution < -0.4 is 11.1 Å². The number of nitrogens with two attached hydrogens (primary N) is 1. The summed E-state index contributed by atoms with van der Waals surface area (Å²) in [5.74, 6) is 0.487. The minimum atomic E-state index is -0.224. The molecule has 0 bridgehead atoms. The molecule has 0 aromatic heterocycles. The van der Waals surface area contributed by atoms with Crippen molar-refractivity contribution in [3.05, 3.63) is 0 Å². The normalized spacial score (nSPS) is 15.2. The first-order valence-electron chi connectivity index (χ1n) is 10.7. The van der Waals surface area contributed by atoms with E-state index < -0.39 is 0 Å². The van der Waals surface area contributed by atoms with Crippen molar-refractivity contribution < 1.29 is 14.3 Å². The number of hydrogen-bond donors (Lipinski definition) is 2. The van der Waals surface area contributed by atoms with Crippen molar-refractivity contribution in [1.82, 2.24) is 10.2 Å². The molecule has 0 aromatic rings. The lowest BCUT2D eigenvalue weighted by molar-refractivity contribution is 0.0963. The van der Waals surface area contributed by atoms with Crippen LogP contribution in [0.25, 0.3) is 0 Å². The highest BCUT2D eigenvalue weighted by molar-refractivity contribution is 14.0. The van der Waals surface area contributed by atoms with Crippen LogP contribution in [0.5, 0.6) is 0 Å². The summed E-state index contributed by atoms with van der Waals surface area (Å²) in [6.45, 7) is 8.13. The number of nitrogens with zero attached hydrogens (tertiary/aromatic N) is 2. The number of amides is 1. The van der Waals surface area contributed by atoms with Gasteiger partial charge in [-0.1, -0.05) is 39.0 Å². The fourth-order valence-corrected chi connectivity index (χ4v) is 3.13. The second-order valence-electron chi connectivity index (χ2n) is 7.11. The lowest BCUT2D eigenvalue weighted by Crippen LogP contribution is -2.48. The molecule has 28 heavy (non-hydrogen) atoms. The van der Waals surface area contributed by atoms with Gasteiger partial charge in [0.05, 0.1) is 6.61 Å². The molecule has 1 saturated heterocycles. The van der Waals surface area contributed by atoms with Crippen molar-refractivity contribution in [2.75, 3.05) is 39.5 Å². The number of aliphatic imine (C=N–C) groups is 1. The van der Waals surface area contributed by atoms with Gasteiger partial charge in [-0.05, 0) is 32.6 Å². The number of piperidine rings is 1. The van der Waals surface area contributed by atoms with Crippen LogP contribution in [0.1, 0.15) is 71.6 Å². The summed E-state index contributed by atoms with van der Waals surface area (Å²) in [4.78, 5) is 17.8. The Morgan fingerprint density at radius 2 is 1.71 bits per heavy atom. The van der Waals surface area contributed by atoms with Crippen molar-refractivity contribution >= 4 is 36.0 Å². The largest absolute Gasteiger partial charge is 0.450 e. The van der Waals surface area contributed by atoms with E-state index in [4.69, 9.17) is 15.2 Å². The van der Waals surface area contributed by atoms with E-state index in [1.807, 2.05) is 6.92 Å². The molecule has 1 rings (SSSR count). The van der Waals surface area contributed by atoms with Crippen LogP contribution in [0.15, 0.2) is 4.99 Å². The minimum Gasteiger partial charge on any atom is -0.450 e. The van der Waals surface area contributed by atoms with E-state index in [1.165, 1.54) is 32.1 Å². The van der Waals surface area contributed by atoms with Gasteiger partial charge in [-0.2, -0.15) is 0 Å². The molecule has 0 aromatic carbocycles. The van der Waals surface area contributed by atoms with Crippen LogP contribution in [-0.4, -0.2) is 62.4 Å². The second kappa shape index (κ2) is 18.3. The Bertz CT molecular complexity index is 416. The van der Waals surface area contributed by atoms with E-state index in [9.17, 15) is 4.79 Å². The third-order valence-corrected chi connectivity index (χ3v) is 4.74. The summed E-state index contributed by atoms with van der Waals surface area (Å²) in [6, 6.07) is 0.267. The molecule has 1 heterocycles. The zero-order valence-electron chi connectivity index (χ0n) is 17.8. The van der Waals surface area contributed by atoms with E-state index in [0.29, 0.717) is 32.2 Å². The maximum absolute atomic E-state index is 11.7. The summed E-state index contributed by atoms with van der Waals surface area (Å²) in [6.07, 6.45) is 10.1. The number of likely N-dealkylation sites (tertiary alicyclic amines) is 1. The van der Waals surface area contributed by atoms with E-state index >= 15 is 0 Å². The Morgan fingerprint density at radius 1 is 1.07 bits per heavy atom. The SMILES string of the molecule is CCCCCCCCOCCCN=C(N)NC1CCN(C(=O)OCC)CC1.I. The quantitative estimate of drug-likeness (QED) is 0.169. The third kappa shape index (κ3) is 13.4. The van der Waals surface area contributed by atoms with E-state index in [1.54, 1.807) is 4.90 Å². The predicted molar refractivity (Wildman–Crippen MR) is 125 cm³/mol. The van der Waals surface area contributed by atoms with Crippen LogP contribution in [0, 0.1) is 0 Å². The summed E-state index contributed by atoms with van der Waals surface area (Å²) in [5, 5.41) is 3.25. The maximum atomic E-state index is 11.7. The predicted octanol–water partition coefficient (Wildman–Crippen LogP) is 3.90. The number of ether oxygens (including phenoxy) is 2. The Kier molecular flexibility index (Phi) is 17.8. The molecule has 8 heteroatoms. The highest BCUT2D eigenvalue weighted by atomic mass is 127. The first-order valence-corrected chi connectivity index (χ1v) is 10.7. The van der Waals surface area contributed by atoms with Gasteiger partial charge in [-0.3, -0.25) is 4.99 Å². The van der Waals surface area contributed by atoms with E-state index in [2.05, 4.69) is 17.2 Å². The van der Waals surface area contributed by atoms with Crippen molar-refractivity contribution in [3.8, 4) is 0 Å². The zero-order valence-corrected chi connectivity index (χ0v) is 20.1. The van der Waals surface area contributed by atoms with E-state index in [-0.39, 0.29) is 36.1 Å². The van der Waals surface area contributed by atoms with Gasteiger partial charge in [0, 0.05) is 38.9 Å². The lowest BCUT2D eigenvalue weighted by Gasteiger charge is -2.31. The summed E-state index contributed by atoms with van der Waals surface area (Å²) < 4.78 is 10.7. The van der Waals surface area contributed by atoms with Gasteiger partial charge in [-0.25, -0.2) is 4.79 Å². The number of carbonyl (C=O) groups excluding carboxylic acids is 1. The molecule has 3 N–H and O–H groups in total. The number of rotatable bonds is 13. The molecule has 166 valence electrons. The van der Waals surface area contributed by atoms with Crippen molar-refractivity contribution in [2.45, 2.75) is 77.7 Å². The fraction of sp³-hybridized carbons (Fsp3) is 0.900. The van der Waals surface area contributed by atoms with Gasteiger partial charge in [0.25, 0.3) is 0 Å². The molecule has 0 aliphatic carbocycles. The zero-order chi connectivity index (χ0) is 19.7. The Balaban J connectivity index is 0.00000729. The summed E-state index contributed by atoms with van der Waals surface area (Å²) >= 11 is 0. The first-order chi connectivity index (χ1) is 13.2. The fourth-order valence-electron chi connectivity index (χ4n) is 3.13. The highest BCUT2D eigenvalue weighted by Crippen LogP contribution is 2.11. The standard InChI is InChI=1S/C20H40N4O3.HI/c1-3-5-6-7-8-9-16-26-17-10-13-22-19(21)23-18-11-14-24(15-12-18)20(25)27-4-2;/h18H,3-17H2,1-2H3,(H3,21,22,23);1H. The second-order valence-corrected chi connectivity index (χ2v) is 7.11. The molecule has 1 aliphatic rings. The number of halogens is 1. The molecular formula is C20H41IN4O3. The summed E-state index contributed by atoms with van der Waals surface area (Å²) in [5.41, 5.74) is 5.96. The third-order valence-electron chi connectivity index (χ3n) is 4.74. The van der Waals surface area contributed by atoms with Gasteiger partial charge >= 0.3 is 6.09 Å². The van der Waals surface area contributed by atoms with Gasteiger partial charge in [0.15, 0.2) is 5.96 Å². The Hall–Kier alpha value is -0.770. The van der Waals surface area contributed by atoms with Gasteiger partial charge in [0.2, 0.25) is 0 Å². The van der Waals surface area contributed by atoms with Crippen LogP contribution >= 0.6 is 24.0 Å². The van der Waals surface area contributed by atoms with Crippen LogP contribution in [0.3, 0.4) is 0 Å². The molecular weight excluding hydrogens is 471 g/mol. The number of unbranched alkanes of at least 4 members (excludes halogenated alkanes) is 5. The van der Waals surface area contributed by atoms with Crippen LogP contribution in [0.4, 0.5) is 4.79 Å². The van der Waals surface area contributed by atoms with Crippen molar-refractivity contribution in [3.63, 3.8) is 0 Å². The number of carbonyl (C=O) groups is 1. The summed E-state index contributed by atoms with van der Waals surface area (Å²) in [7, 11) is 0. The average Bonchev–Trinajstić information content (AvgIpc) is 2.67. The Labute approximate surface area is 188 Å². The molecule has 0 atom stereocenters.